The molecule has 0 spiro atoms. The lowest BCUT2D eigenvalue weighted by molar-refractivity contribution is -0.143. The van der Waals surface area contributed by atoms with E-state index >= 15 is 0 Å². The van der Waals surface area contributed by atoms with Crippen LogP contribution in [0.4, 0.5) is 0 Å². The number of aliphatic carboxylic acids is 1. The molecule has 2 aromatic rings. The Morgan fingerprint density at radius 1 is 0.923 bits per heavy atom. The van der Waals surface area contributed by atoms with Crippen molar-refractivity contribution in [3.05, 3.63) is 57.6 Å². The van der Waals surface area contributed by atoms with E-state index in [2.05, 4.69) is 4.74 Å². The Kier molecular flexibility index (Phi) is 7.12. The summed E-state index contributed by atoms with van der Waals surface area (Å²) < 4.78 is 15.3. The Morgan fingerprint density at radius 2 is 1.42 bits per heavy atom. The second-order valence-corrected chi connectivity index (χ2v) is 6.10. The lowest BCUT2D eigenvalue weighted by atomic mass is 10.0. The number of carbonyl (C=O) groups is 2. The summed E-state index contributed by atoms with van der Waals surface area (Å²) in [7, 11) is 1.27. The van der Waals surface area contributed by atoms with Gasteiger partial charge in [-0.3, -0.25) is 0 Å². The summed E-state index contributed by atoms with van der Waals surface area (Å²) in [4.78, 5) is 22.1. The Hall–Kier alpha value is -2.44. The largest absolute Gasteiger partial charge is 0.482 e. The molecular formula is C18H16Cl2O6. The molecule has 0 atom stereocenters. The lowest BCUT2D eigenvalue weighted by Gasteiger charge is -2.14. The number of halogens is 2. The fourth-order valence-corrected chi connectivity index (χ4v) is 2.58. The minimum atomic E-state index is -1.09. The van der Waals surface area contributed by atoms with Crippen LogP contribution in [0.25, 0.3) is 0 Å². The number of rotatable bonds is 8. The third-order valence-corrected chi connectivity index (χ3v) is 3.82. The molecule has 0 amide bonds. The van der Waals surface area contributed by atoms with Crippen LogP contribution in [0.5, 0.6) is 11.5 Å². The molecule has 26 heavy (non-hydrogen) atoms. The van der Waals surface area contributed by atoms with Crippen LogP contribution < -0.4 is 9.47 Å². The van der Waals surface area contributed by atoms with Gasteiger partial charge in [0.2, 0.25) is 0 Å². The normalized spacial score (nSPS) is 10.3. The Morgan fingerprint density at radius 3 is 1.88 bits per heavy atom. The zero-order chi connectivity index (χ0) is 19.1. The highest BCUT2D eigenvalue weighted by Crippen LogP contribution is 2.30. The van der Waals surface area contributed by atoms with Crippen LogP contribution in [0, 0.1) is 0 Å². The number of methoxy groups -OCH3 is 1. The highest BCUT2D eigenvalue weighted by molar-refractivity contribution is 6.31. The predicted molar refractivity (Wildman–Crippen MR) is 96.4 cm³/mol. The van der Waals surface area contributed by atoms with Crippen LogP contribution in [-0.2, 0) is 20.7 Å². The zero-order valence-electron chi connectivity index (χ0n) is 13.8. The van der Waals surface area contributed by atoms with Crippen molar-refractivity contribution in [2.24, 2.45) is 0 Å². The molecular weight excluding hydrogens is 383 g/mol. The topological polar surface area (TPSA) is 82.1 Å². The van der Waals surface area contributed by atoms with Crippen molar-refractivity contribution in [2.45, 2.75) is 6.42 Å². The second kappa shape index (κ2) is 9.31. The molecule has 6 nitrogen and oxygen atoms in total. The van der Waals surface area contributed by atoms with Gasteiger partial charge in [0.1, 0.15) is 11.5 Å². The average molecular weight is 399 g/mol. The Labute approximate surface area is 160 Å². The van der Waals surface area contributed by atoms with Gasteiger partial charge in [-0.15, -0.1) is 0 Å². The van der Waals surface area contributed by atoms with Gasteiger partial charge >= 0.3 is 11.9 Å². The number of benzene rings is 2. The maximum Gasteiger partial charge on any atom is 0.343 e. The molecule has 138 valence electrons. The summed E-state index contributed by atoms with van der Waals surface area (Å²) in [5.74, 6) is -0.769. The second-order valence-electron chi connectivity index (χ2n) is 5.23. The van der Waals surface area contributed by atoms with Crippen LogP contribution in [0.15, 0.2) is 36.4 Å². The first kappa shape index (κ1) is 19.9. The van der Waals surface area contributed by atoms with E-state index in [0.717, 1.165) is 0 Å². The molecule has 0 fully saturated rings. The van der Waals surface area contributed by atoms with Gasteiger partial charge in [-0.25, -0.2) is 9.59 Å². The minimum Gasteiger partial charge on any atom is -0.482 e. The molecule has 1 N–H and O–H groups in total. The molecule has 2 aromatic carbocycles. The first-order valence-electron chi connectivity index (χ1n) is 7.50. The number of esters is 1. The van der Waals surface area contributed by atoms with Crippen LogP contribution >= 0.6 is 23.2 Å². The van der Waals surface area contributed by atoms with Crippen molar-refractivity contribution in [1.29, 1.82) is 0 Å². The van der Waals surface area contributed by atoms with E-state index in [9.17, 15) is 9.59 Å². The summed E-state index contributed by atoms with van der Waals surface area (Å²) >= 11 is 12.1. The maximum atomic E-state index is 11.3. The molecule has 2 rings (SSSR count). The van der Waals surface area contributed by atoms with E-state index in [-0.39, 0.29) is 6.61 Å². The Bertz CT molecular complexity index is 806. The van der Waals surface area contributed by atoms with Gasteiger partial charge in [0.25, 0.3) is 0 Å². The third kappa shape index (κ3) is 5.82. The molecule has 0 saturated heterocycles. The van der Waals surface area contributed by atoms with E-state index in [0.29, 0.717) is 39.1 Å². The van der Waals surface area contributed by atoms with Crippen molar-refractivity contribution in [2.75, 3.05) is 20.3 Å². The van der Waals surface area contributed by atoms with Crippen molar-refractivity contribution in [3.8, 4) is 11.5 Å². The third-order valence-electron chi connectivity index (χ3n) is 3.35. The summed E-state index contributed by atoms with van der Waals surface area (Å²) in [6.07, 6.45) is 0.312. The Balaban J connectivity index is 2.29. The minimum absolute atomic E-state index is 0.247. The van der Waals surface area contributed by atoms with Crippen molar-refractivity contribution in [3.63, 3.8) is 0 Å². The lowest BCUT2D eigenvalue weighted by Crippen LogP contribution is -2.13. The summed E-state index contributed by atoms with van der Waals surface area (Å²) in [5.41, 5.74) is 1.34. The van der Waals surface area contributed by atoms with Gasteiger partial charge in [-0.1, -0.05) is 23.2 Å². The van der Waals surface area contributed by atoms with Crippen molar-refractivity contribution in [1.82, 2.24) is 0 Å². The molecule has 0 saturated carbocycles. The molecule has 0 radical (unpaired) electrons. The van der Waals surface area contributed by atoms with Crippen LogP contribution in [0.1, 0.15) is 11.1 Å². The monoisotopic (exact) mass is 398 g/mol. The van der Waals surface area contributed by atoms with Crippen LogP contribution in [0.2, 0.25) is 10.0 Å². The summed E-state index contributed by atoms with van der Waals surface area (Å²) in [6, 6.07) is 9.84. The van der Waals surface area contributed by atoms with E-state index < -0.39 is 18.5 Å². The number of ether oxygens (including phenoxy) is 3. The van der Waals surface area contributed by atoms with Gasteiger partial charge in [-0.05, 0) is 36.4 Å². The molecule has 8 heteroatoms. The molecule has 0 aliphatic rings. The number of hydrogen-bond donors (Lipinski definition) is 1. The van der Waals surface area contributed by atoms with Crippen molar-refractivity contribution < 1.29 is 28.9 Å². The highest BCUT2D eigenvalue weighted by Gasteiger charge is 2.13. The molecule has 0 bridgehead atoms. The number of hydrogen-bond acceptors (Lipinski definition) is 5. The van der Waals surface area contributed by atoms with E-state index in [1.165, 1.54) is 7.11 Å². The molecule has 0 aliphatic carbocycles. The fraction of sp³-hybridized carbons (Fsp3) is 0.222. The van der Waals surface area contributed by atoms with Crippen molar-refractivity contribution >= 4 is 35.1 Å². The summed E-state index contributed by atoms with van der Waals surface area (Å²) in [6.45, 7) is -0.723. The molecule has 0 aromatic heterocycles. The quantitative estimate of drug-likeness (QED) is 0.684. The SMILES string of the molecule is COC(=O)COc1ccc(Cl)cc1Cc1cc(Cl)ccc1OCC(=O)O. The number of carboxylic acids is 1. The first-order valence-corrected chi connectivity index (χ1v) is 8.25. The molecule has 0 aliphatic heterocycles. The molecule has 0 unspecified atom stereocenters. The highest BCUT2D eigenvalue weighted by atomic mass is 35.5. The maximum absolute atomic E-state index is 11.3. The van der Waals surface area contributed by atoms with E-state index in [4.69, 9.17) is 37.8 Å². The van der Waals surface area contributed by atoms with Gasteiger partial charge in [0.05, 0.1) is 7.11 Å². The standard InChI is InChI=1S/C18H16Cl2O6/c1-24-18(23)10-26-16-5-3-14(20)8-12(16)6-11-7-13(19)2-4-15(11)25-9-17(21)22/h2-5,7-8H,6,9-10H2,1H3,(H,21,22). The predicted octanol–water partition coefficient (Wildman–Crippen LogP) is 3.60. The van der Waals surface area contributed by atoms with Gasteiger partial charge in [-0.2, -0.15) is 0 Å². The smallest absolute Gasteiger partial charge is 0.343 e. The van der Waals surface area contributed by atoms with Gasteiger partial charge in [0.15, 0.2) is 13.2 Å². The van der Waals surface area contributed by atoms with Crippen LogP contribution in [0.3, 0.4) is 0 Å². The van der Waals surface area contributed by atoms with E-state index in [1.807, 2.05) is 0 Å². The number of carbonyl (C=O) groups excluding carboxylic acids is 1. The van der Waals surface area contributed by atoms with Crippen LogP contribution in [-0.4, -0.2) is 37.4 Å². The van der Waals surface area contributed by atoms with E-state index in [1.54, 1.807) is 36.4 Å². The zero-order valence-corrected chi connectivity index (χ0v) is 15.3. The average Bonchev–Trinajstić information content (AvgIpc) is 2.60. The van der Waals surface area contributed by atoms with Gasteiger partial charge in [0, 0.05) is 27.6 Å². The summed E-state index contributed by atoms with van der Waals surface area (Å²) in [5, 5.41) is 9.76. The first-order chi connectivity index (χ1) is 12.4. The fourth-order valence-electron chi connectivity index (χ4n) is 2.19. The van der Waals surface area contributed by atoms with Gasteiger partial charge < -0.3 is 19.3 Å². The number of carboxylic acid groups (broad SMARTS) is 1. The molecule has 0 heterocycles.